The van der Waals surface area contributed by atoms with Crippen LogP contribution in [0.15, 0.2) is 54.9 Å². The van der Waals surface area contributed by atoms with E-state index in [9.17, 15) is 9.59 Å². The van der Waals surface area contributed by atoms with E-state index in [2.05, 4.69) is 24.1 Å². The molecule has 0 spiro atoms. The zero-order chi connectivity index (χ0) is 18.5. The van der Waals surface area contributed by atoms with E-state index in [1.54, 1.807) is 22.9 Å². The molecule has 3 rings (SSSR count). The van der Waals surface area contributed by atoms with Crippen LogP contribution >= 0.6 is 0 Å². The average Bonchev–Trinajstić information content (AvgIpc) is 3.10. The summed E-state index contributed by atoms with van der Waals surface area (Å²) in [5.74, 6) is -0.677. The van der Waals surface area contributed by atoms with Crippen LogP contribution in [0.5, 0.6) is 0 Å². The van der Waals surface area contributed by atoms with E-state index in [4.69, 9.17) is 4.74 Å². The number of rotatable bonds is 6. The highest BCUT2D eigenvalue weighted by Gasteiger charge is 2.15. The van der Waals surface area contributed by atoms with Gasteiger partial charge in [0.1, 0.15) is 5.65 Å². The summed E-state index contributed by atoms with van der Waals surface area (Å²) in [5.41, 5.74) is 2.63. The Labute approximate surface area is 151 Å². The Morgan fingerprint density at radius 3 is 2.73 bits per heavy atom. The summed E-state index contributed by atoms with van der Waals surface area (Å²) in [6, 6.07) is 13.1. The van der Waals surface area contributed by atoms with Crippen LogP contribution in [-0.4, -0.2) is 27.9 Å². The second-order valence-electron chi connectivity index (χ2n) is 6.11. The van der Waals surface area contributed by atoms with Crippen LogP contribution in [0.1, 0.15) is 42.2 Å². The number of amides is 1. The second-order valence-corrected chi connectivity index (χ2v) is 6.11. The van der Waals surface area contributed by atoms with E-state index in [0.29, 0.717) is 11.6 Å². The molecule has 1 atom stereocenters. The number of carbonyl (C=O) groups excluding carboxylic acids is 2. The lowest BCUT2D eigenvalue weighted by Crippen LogP contribution is -2.22. The summed E-state index contributed by atoms with van der Waals surface area (Å²) in [7, 11) is 0. The molecule has 0 saturated heterocycles. The number of nitrogens with one attached hydrogen (secondary N) is 1. The lowest BCUT2D eigenvalue weighted by atomic mass is 9.97. The van der Waals surface area contributed by atoms with Gasteiger partial charge in [-0.25, -0.2) is 9.78 Å². The molecule has 2 heterocycles. The summed E-state index contributed by atoms with van der Waals surface area (Å²) in [4.78, 5) is 28.5. The number of anilines is 1. The molecule has 2 aromatic heterocycles. The number of para-hydroxylation sites is 1. The first kappa shape index (κ1) is 17.7. The number of hydrogen-bond donors (Lipinski definition) is 1. The third kappa shape index (κ3) is 3.91. The van der Waals surface area contributed by atoms with Gasteiger partial charge in [-0.3, -0.25) is 4.79 Å². The number of esters is 1. The Kier molecular flexibility index (Phi) is 5.31. The van der Waals surface area contributed by atoms with Gasteiger partial charge in [0, 0.05) is 18.1 Å². The van der Waals surface area contributed by atoms with Crippen LogP contribution in [-0.2, 0) is 9.53 Å². The molecule has 0 fully saturated rings. The third-order valence-electron chi connectivity index (χ3n) is 4.29. The molecule has 6 nitrogen and oxygen atoms in total. The molecule has 1 aromatic carbocycles. The number of nitrogens with zero attached hydrogens (tertiary/aromatic N) is 2. The number of aromatic nitrogens is 2. The molecule has 134 valence electrons. The van der Waals surface area contributed by atoms with Crippen LogP contribution in [0, 0.1) is 0 Å². The molecule has 0 bridgehead atoms. The fraction of sp³-hybridized carbons (Fsp3) is 0.250. The Bertz CT molecular complexity index is 900. The van der Waals surface area contributed by atoms with Gasteiger partial charge in [-0.1, -0.05) is 38.1 Å². The van der Waals surface area contributed by atoms with E-state index < -0.39 is 5.97 Å². The Balaban J connectivity index is 1.61. The number of benzene rings is 1. The normalized spacial score (nSPS) is 11.9. The van der Waals surface area contributed by atoms with Crippen molar-refractivity contribution in [1.82, 2.24) is 9.38 Å². The van der Waals surface area contributed by atoms with Gasteiger partial charge in [-0.15, -0.1) is 0 Å². The van der Waals surface area contributed by atoms with E-state index in [0.717, 1.165) is 17.7 Å². The van der Waals surface area contributed by atoms with Crippen LogP contribution in [0.4, 0.5) is 5.69 Å². The standard InChI is InChI=1S/C20H21N3O3/c1-3-14(2)15-8-4-5-9-16(15)22-19(24)13-26-20(25)17-12-23-11-7-6-10-18(23)21-17/h4-12,14H,3,13H2,1-2H3,(H,22,24)/t14-/m0/s1. The van der Waals surface area contributed by atoms with E-state index >= 15 is 0 Å². The van der Waals surface area contributed by atoms with E-state index in [1.807, 2.05) is 36.4 Å². The largest absolute Gasteiger partial charge is 0.451 e. The summed E-state index contributed by atoms with van der Waals surface area (Å²) >= 11 is 0. The Morgan fingerprint density at radius 2 is 1.96 bits per heavy atom. The van der Waals surface area contributed by atoms with Crippen molar-refractivity contribution in [3.8, 4) is 0 Å². The van der Waals surface area contributed by atoms with Crippen molar-refractivity contribution >= 4 is 23.2 Å². The minimum absolute atomic E-state index is 0.170. The van der Waals surface area contributed by atoms with E-state index in [1.165, 1.54) is 0 Å². The first-order valence-electron chi connectivity index (χ1n) is 8.58. The third-order valence-corrected chi connectivity index (χ3v) is 4.29. The first-order valence-corrected chi connectivity index (χ1v) is 8.58. The summed E-state index contributed by atoms with van der Waals surface area (Å²) in [6.45, 7) is 3.84. The highest BCUT2D eigenvalue weighted by atomic mass is 16.5. The molecule has 6 heteroatoms. The summed E-state index contributed by atoms with van der Waals surface area (Å²) < 4.78 is 6.81. The van der Waals surface area contributed by atoms with Crippen molar-refractivity contribution in [3.05, 3.63) is 66.1 Å². The molecule has 0 unspecified atom stereocenters. The van der Waals surface area contributed by atoms with Gasteiger partial charge in [0.15, 0.2) is 12.3 Å². The predicted molar refractivity (Wildman–Crippen MR) is 99.3 cm³/mol. The van der Waals surface area contributed by atoms with Crippen LogP contribution in [0.3, 0.4) is 0 Å². The lowest BCUT2D eigenvalue weighted by molar-refractivity contribution is -0.119. The average molecular weight is 351 g/mol. The molecule has 0 radical (unpaired) electrons. The molecular weight excluding hydrogens is 330 g/mol. The Hall–Kier alpha value is -3.15. The lowest BCUT2D eigenvalue weighted by Gasteiger charge is -2.15. The van der Waals surface area contributed by atoms with Crippen molar-refractivity contribution < 1.29 is 14.3 Å². The van der Waals surface area contributed by atoms with E-state index in [-0.39, 0.29) is 18.2 Å². The number of imidazole rings is 1. The van der Waals surface area contributed by atoms with Gasteiger partial charge < -0.3 is 14.5 Å². The molecule has 1 N–H and O–H groups in total. The maximum absolute atomic E-state index is 12.2. The quantitative estimate of drug-likeness (QED) is 0.688. The predicted octanol–water partition coefficient (Wildman–Crippen LogP) is 3.64. The zero-order valence-electron chi connectivity index (χ0n) is 14.8. The van der Waals surface area contributed by atoms with Crippen molar-refractivity contribution in [1.29, 1.82) is 0 Å². The monoisotopic (exact) mass is 351 g/mol. The van der Waals surface area contributed by atoms with Crippen molar-refractivity contribution in [2.75, 3.05) is 11.9 Å². The molecule has 3 aromatic rings. The van der Waals surface area contributed by atoms with Crippen molar-refractivity contribution in [3.63, 3.8) is 0 Å². The minimum Gasteiger partial charge on any atom is -0.451 e. The molecule has 0 aliphatic rings. The van der Waals surface area contributed by atoms with Gasteiger partial charge in [0.05, 0.1) is 0 Å². The SMILES string of the molecule is CC[C@H](C)c1ccccc1NC(=O)COC(=O)c1cn2ccccc2n1. The number of carbonyl (C=O) groups is 2. The Morgan fingerprint density at radius 1 is 1.19 bits per heavy atom. The molecule has 1 amide bonds. The fourth-order valence-electron chi connectivity index (χ4n) is 2.68. The molecule has 0 aliphatic carbocycles. The van der Waals surface area contributed by atoms with Gasteiger partial charge in [-0.2, -0.15) is 0 Å². The van der Waals surface area contributed by atoms with Crippen LogP contribution in [0.25, 0.3) is 5.65 Å². The van der Waals surface area contributed by atoms with Crippen molar-refractivity contribution in [2.45, 2.75) is 26.2 Å². The van der Waals surface area contributed by atoms with Gasteiger partial charge in [0.2, 0.25) is 0 Å². The van der Waals surface area contributed by atoms with Crippen LogP contribution < -0.4 is 5.32 Å². The van der Waals surface area contributed by atoms with Crippen molar-refractivity contribution in [2.24, 2.45) is 0 Å². The fourth-order valence-corrected chi connectivity index (χ4v) is 2.68. The maximum Gasteiger partial charge on any atom is 0.359 e. The highest BCUT2D eigenvalue weighted by Crippen LogP contribution is 2.26. The summed E-state index contributed by atoms with van der Waals surface area (Å²) in [6.07, 6.45) is 4.33. The molecule has 0 saturated carbocycles. The molecular formula is C20H21N3O3. The zero-order valence-corrected chi connectivity index (χ0v) is 14.8. The smallest absolute Gasteiger partial charge is 0.359 e. The van der Waals surface area contributed by atoms with Gasteiger partial charge >= 0.3 is 5.97 Å². The maximum atomic E-state index is 12.2. The first-order chi connectivity index (χ1) is 12.6. The number of fused-ring (bicyclic) bond motifs is 1. The summed E-state index contributed by atoms with van der Waals surface area (Å²) in [5, 5.41) is 2.82. The van der Waals surface area contributed by atoms with Crippen LogP contribution in [0.2, 0.25) is 0 Å². The second kappa shape index (κ2) is 7.82. The molecule has 0 aliphatic heterocycles. The number of pyridine rings is 1. The van der Waals surface area contributed by atoms with Gasteiger partial charge in [0.25, 0.3) is 5.91 Å². The minimum atomic E-state index is -0.626. The molecule has 26 heavy (non-hydrogen) atoms. The number of ether oxygens (including phenoxy) is 1. The number of hydrogen-bond acceptors (Lipinski definition) is 4. The topological polar surface area (TPSA) is 72.7 Å². The highest BCUT2D eigenvalue weighted by molar-refractivity contribution is 5.95. The van der Waals surface area contributed by atoms with Gasteiger partial charge in [-0.05, 0) is 36.1 Å².